The molecule has 0 spiro atoms. The van der Waals surface area contributed by atoms with Crippen LogP contribution in [0, 0.1) is 0 Å². The van der Waals surface area contributed by atoms with Crippen LogP contribution in [0.1, 0.15) is 23.6 Å². The number of benzene rings is 2. The molecular weight excluding hydrogens is 348 g/mol. The first-order valence-electron chi connectivity index (χ1n) is 8.63. The number of aliphatic hydroxyl groups excluding tert-OH is 1. The fourth-order valence-electron chi connectivity index (χ4n) is 3.08. The molecular formula is C20H22N2O5. The fourth-order valence-corrected chi connectivity index (χ4v) is 3.08. The van der Waals surface area contributed by atoms with Crippen LogP contribution in [0.25, 0.3) is 11.1 Å². The SMILES string of the molecule is CC(O)C(N)(O)C(=O)CNC(=O)OCc1cccc2c1Cc1ccccc1-2. The highest BCUT2D eigenvalue weighted by Gasteiger charge is 2.36. The second-order valence-corrected chi connectivity index (χ2v) is 6.63. The summed E-state index contributed by atoms with van der Waals surface area (Å²) in [4.78, 5) is 23.6. The van der Waals surface area contributed by atoms with Gasteiger partial charge in [-0.15, -0.1) is 0 Å². The molecule has 1 aliphatic carbocycles. The van der Waals surface area contributed by atoms with Crippen LogP contribution in [-0.2, 0) is 22.6 Å². The van der Waals surface area contributed by atoms with E-state index >= 15 is 0 Å². The first-order chi connectivity index (χ1) is 12.8. The topological polar surface area (TPSA) is 122 Å². The van der Waals surface area contributed by atoms with Gasteiger partial charge in [0.2, 0.25) is 11.5 Å². The average molecular weight is 370 g/mol. The van der Waals surface area contributed by atoms with E-state index in [0.717, 1.165) is 23.1 Å². The Morgan fingerprint density at radius 1 is 1.22 bits per heavy atom. The van der Waals surface area contributed by atoms with Gasteiger partial charge in [0.15, 0.2) is 0 Å². The monoisotopic (exact) mass is 370 g/mol. The van der Waals surface area contributed by atoms with Gasteiger partial charge in [-0.25, -0.2) is 4.79 Å². The van der Waals surface area contributed by atoms with Gasteiger partial charge in [0.25, 0.3) is 0 Å². The number of aliphatic hydroxyl groups is 2. The summed E-state index contributed by atoms with van der Waals surface area (Å²) < 4.78 is 5.19. The maximum absolute atomic E-state index is 11.9. The predicted octanol–water partition coefficient (Wildman–Crippen LogP) is 1.08. The van der Waals surface area contributed by atoms with Crippen molar-refractivity contribution in [1.29, 1.82) is 0 Å². The number of Topliss-reactive ketones (excluding diaryl/α,β-unsaturated/α-hetero) is 1. The zero-order valence-corrected chi connectivity index (χ0v) is 14.9. The highest BCUT2D eigenvalue weighted by atomic mass is 16.5. The Labute approximate surface area is 156 Å². The number of ketones is 1. The van der Waals surface area contributed by atoms with Gasteiger partial charge in [-0.2, -0.15) is 0 Å². The van der Waals surface area contributed by atoms with E-state index in [0.29, 0.717) is 0 Å². The second-order valence-electron chi connectivity index (χ2n) is 6.63. The minimum Gasteiger partial charge on any atom is -0.445 e. The molecule has 142 valence electrons. The molecule has 5 N–H and O–H groups in total. The van der Waals surface area contributed by atoms with Crippen LogP contribution in [0.4, 0.5) is 4.79 Å². The minimum absolute atomic E-state index is 0.0560. The van der Waals surface area contributed by atoms with E-state index in [-0.39, 0.29) is 6.61 Å². The van der Waals surface area contributed by atoms with Crippen LogP contribution in [0.15, 0.2) is 42.5 Å². The van der Waals surface area contributed by atoms with Gasteiger partial charge in [0.1, 0.15) is 12.7 Å². The van der Waals surface area contributed by atoms with E-state index in [2.05, 4.69) is 17.4 Å². The highest BCUT2D eigenvalue weighted by Crippen LogP contribution is 2.38. The molecule has 0 fully saturated rings. The quantitative estimate of drug-likeness (QED) is 0.482. The number of hydrogen-bond donors (Lipinski definition) is 4. The van der Waals surface area contributed by atoms with E-state index < -0.39 is 30.3 Å². The lowest BCUT2D eigenvalue weighted by Gasteiger charge is -2.24. The number of amides is 1. The van der Waals surface area contributed by atoms with E-state index in [4.69, 9.17) is 10.5 Å². The summed E-state index contributed by atoms with van der Waals surface area (Å²) in [6, 6.07) is 14.0. The predicted molar refractivity (Wildman–Crippen MR) is 98.7 cm³/mol. The van der Waals surface area contributed by atoms with Crippen molar-refractivity contribution in [2.75, 3.05) is 6.54 Å². The lowest BCUT2D eigenvalue weighted by atomic mass is 10.0. The number of fused-ring (bicyclic) bond motifs is 3. The van der Waals surface area contributed by atoms with Gasteiger partial charge in [-0.05, 0) is 41.2 Å². The average Bonchev–Trinajstić information content (AvgIpc) is 3.03. The summed E-state index contributed by atoms with van der Waals surface area (Å²) in [6.45, 7) is 0.694. The molecule has 2 aromatic carbocycles. The minimum atomic E-state index is -2.42. The van der Waals surface area contributed by atoms with Crippen LogP contribution in [-0.4, -0.2) is 40.5 Å². The van der Waals surface area contributed by atoms with E-state index in [1.54, 1.807) is 0 Å². The molecule has 3 rings (SSSR count). The van der Waals surface area contributed by atoms with Crippen LogP contribution in [0.5, 0.6) is 0 Å². The molecule has 0 bridgehead atoms. The second kappa shape index (κ2) is 7.48. The first kappa shape index (κ1) is 19.0. The lowest BCUT2D eigenvalue weighted by Crippen LogP contribution is -2.59. The van der Waals surface area contributed by atoms with Crippen molar-refractivity contribution in [1.82, 2.24) is 5.32 Å². The van der Waals surface area contributed by atoms with Gasteiger partial charge >= 0.3 is 6.09 Å². The van der Waals surface area contributed by atoms with Crippen molar-refractivity contribution >= 4 is 11.9 Å². The zero-order valence-electron chi connectivity index (χ0n) is 14.9. The highest BCUT2D eigenvalue weighted by molar-refractivity contribution is 5.90. The normalized spacial score (nSPS) is 15.3. The Morgan fingerprint density at radius 3 is 2.67 bits per heavy atom. The molecule has 2 atom stereocenters. The van der Waals surface area contributed by atoms with E-state index in [1.807, 2.05) is 30.3 Å². The van der Waals surface area contributed by atoms with Crippen molar-refractivity contribution < 1.29 is 24.5 Å². The van der Waals surface area contributed by atoms with Crippen molar-refractivity contribution in [3.8, 4) is 11.1 Å². The van der Waals surface area contributed by atoms with Crippen molar-refractivity contribution in [3.63, 3.8) is 0 Å². The summed E-state index contributed by atoms with van der Waals surface area (Å²) in [7, 11) is 0. The third kappa shape index (κ3) is 3.85. The molecule has 7 nitrogen and oxygen atoms in total. The summed E-state index contributed by atoms with van der Waals surface area (Å²) in [5.41, 5.74) is 8.46. The van der Waals surface area contributed by atoms with E-state index in [9.17, 15) is 19.8 Å². The standard InChI is InChI=1S/C20H22N2O5/c1-12(23)20(21,26)18(24)10-22-19(25)27-11-14-6-4-8-16-15-7-3-2-5-13(15)9-17(14)16/h2-8,12,23,26H,9-11,21H2,1H3,(H,22,25). The molecule has 0 radical (unpaired) electrons. The summed E-state index contributed by atoms with van der Waals surface area (Å²) in [5.74, 6) is -0.912. The molecule has 2 aromatic rings. The number of ether oxygens (including phenoxy) is 1. The molecule has 27 heavy (non-hydrogen) atoms. The Bertz CT molecular complexity index is 876. The van der Waals surface area contributed by atoms with Crippen molar-refractivity contribution in [2.45, 2.75) is 31.8 Å². The first-order valence-corrected chi connectivity index (χ1v) is 8.63. The molecule has 1 amide bonds. The largest absolute Gasteiger partial charge is 0.445 e. The Hall–Kier alpha value is -2.74. The molecule has 0 aliphatic heterocycles. The van der Waals surface area contributed by atoms with Gasteiger partial charge < -0.3 is 20.3 Å². The Kier molecular flexibility index (Phi) is 5.27. The molecule has 0 aromatic heterocycles. The van der Waals surface area contributed by atoms with Gasteiger partial charge in [0, 0.05) is 0 Å². The van der Waals surface area contributed by atoms with Gasteiger partial charge in [-0.1, -0.05) is 42.5 Å². The molecule has 1 aliphatic rings. The molecule has 2 unspecified atom stereocenters. The zero-order chi connectivity index (χ0) is 19.6. The number of nitrogens with two attached hydrogens (primary N) is 1. The molecule has 0 heterocycles. The van der Waals surface area contributed by atoms with Crippen molar-refractivity contribution in [2.24, 2.45) is 5.73 Å². The third-order valence-corrected chi connectivity index (χ3v) is 4.78. The van der Waals surface area contributed by atoms with E-state index in [1.165, 1.54) is 18.1 Å². The third-order valence-electron chi connectivity index (χ3n) is 4.78. The number of alkyl carbamates (subject to hydrolysis) is 1. The molecule has 7 heteroatoms. The molecule has 0 saturated carbocycles. The fraction of sp³-hybridized carbons (Fsp3) is 0.300. The summed E-state index contributed by atoms with van der Waals surface area (Å²) in [6.07, 6.45) is -1.49. The smallest absolute Gasteiger partial charge is 0.407 e. The maximum atomic E-state index is 11.9. The van der Waals surface area contributed by atoms with Crippen molar-refractivity contribution in [3.05, 3.63) is 59.2 Å². The maximum Gasteiger partial charge on any atom is 0.407 e. The number of carbonyl (C=O) groups is 2. The van der Waals surface area contributed by atoms with Crippen LogP contribution < -0.4 is 11.1 Å². The number of carbonyl (C=O) groups excluding carboxylic acids is 2. The van der Waals surface area contributed by atoms with Gasteiger partial charge in [-0.3, -0.25) is 10.5 Å². The number of nitrogens with one attached hydrogen (secondary N) is 1. The summed E-state index contributed by atoms with van der Waals surface area (Å²) >= 11 is 0. The molecule has 0 saturated heterocycles. The Morgan fingerprint density at radius 2 is 1.93 bits per heavy atom. The number of rotatable bonds is 6. The summed E-state index contributed by atoms with van der Waals surface area (Å²) in [5, 5.41) is 21.2. The van der Waals surface area contributed by atoms with Gasteiger partial charge in [0.05, 0.1) is 6.54 Å². The Balaban J connectivity index is 1.59. The van der Waals surface area contributed by atoms with Crippen LogP contribution >= 0.6 is 0 Å². The number of hydrogen-bond acceptors (Lipinski definition) is 6. The lowest BCUT2D eigenvalue weighted by molar-refractivity contribution is -0.147. The van der Waals surface area contributed by atoms with Crippen LogP contribution in [0.3, 0.4) is 0 Å². The van der Waals surface area contributed by atoms with Crippen LogP contribution in [0.2, 0.25) is 0 Å².